The zero-order valence-electron chi connectivity index (χ0n) is 19.5. The minimum atomic E-state index is -0.424. The van der Waals surface area contributed by atoms with Crippen molar-refractivity contribution >= 4 is 46.5 Å². The van der Waals surface area contributed by atoms with Gasteiger partial charge in [0.25, 0.3) is 5.91 Å². The molecule has 1 aliphatic carbocycles. The number of aromatic nitrogens is 2. The van der Waals surface area contributed by atoms with Crippen LogP contribution < -0.4 is 5.32 Å². The lowest BCUT2D eigenvalue weighted by Crippen LogP contribution is -2.30. The van der Waals surface area contributed by atoms with Gasteiger partial charge in [-0.15, -0.1) is 0 Å². The SMILES string of the molecule is C=C(N=C/C=C(\C)c1cnc2cccnc2c1)C(=O)Nc1cccc(C(=N)CN(C=N)C2CC2)c1. The number of allylic oxidation sites excluding steroid dienone is 2. The second kappa shape index (κ2) is 10.6. The van der Waals surface area contributed by atoms with Crippen molar-refractivity contribution in [3.05, 3.63) is 84.3 Å². The highest BCUT2D eigenvalue weighted by Crippen LogP contribution is 2.26. The molecule has 4 rings (SSSR count). The molecule has 0 saturated heterocycles. The molecule has 8 nitrogen and oxygen atoms in total. The van der Waals surface area contributed by atoms with E-state index < -0.39 is 5.91 Å². The Morgan fingerprint density at radius 2 is 2.03 bits per heavy atom. The first-order valence-electron chi connectivity index (χ1n) is 11.3. The number of nitrogens with zero attached hydrogens (tertiary/aromatic N) is 4. The van der Waals surface area contributed by atoms with Crippen molar-refractivity contribution in [1.29, 1.82) is 10.8 Å². The van der Waals surface area contributed by atoms with E-state index in [4.69, 9.17) is 10.8 Å². The first-order valence-corrected chi connectivity index (χ1v) is 11.3. The number of benzene rings is 1. The molecule has 0 bridgehead atoms. The van der Waals surface area contributed by atoms with Crippen LogP contribution in [0.3, 0.4) is 0 Å². The number of hydrogen-bond donors (Lipinski definition) is 3. The van der Waals surface area contributed by atoms with Crippen LogP contribution in [0, 0.1) is 10.8 Å². The number of hydrogen-bond acceptors (Lipinski definition) is 6. The molecular formula is C27H27N7O. The average molecular weight is 466 g/mol. The van der Waals surface area contributed by atoms with Crippen molar-refractivity contribution in [2.24, 2.45) is 4.99 Å². The highest BCUT2D eigenvalue weighted by atomic mass is 16.2. The number of carbonyl (C=O) groups is 1. The number of aliphatic imine (C=N–C) groups is 1. The van der Waals surface area contributed by atoms with E-state index in [2.05, 4.69) is 26.9 Å². The molecule has 35 heavy (non-hydrogen) atoms. The molecule has 1 saturated carbocycles. The van der Waals surface area contributed by atoms with E-state index >= 15 is 0 Å². The molecule has 2 heterocycles. The largest absolute Gasteiger partial charge is 0.354 e. The van der Waals surface area contributed by atoms with Gasteiger partial charge in [-0.1, -0.05) is 18.7 Å². The zero-order chi connectivity index (χ0) is 24.8. The molecule has 3 aromatic rings. The Labute approximate surface area is 204 Å². The molecule has 0 unspecified atom stereocenters. The quantitative estimate of drug-likeness (QED) is 0.228. The number of rotatable bonds is 10. The molecular weight excluding hydrogens is 438 g/mol. The molecule has 1 amide bonds. The third-order valence-corrected chi connectivity index (χ3v) is 5.71. The first kappa shape index (κ1) is 23.7. The van der Waals surface area contributed by atoms with E-state index in [9.17, 15) is 4.79 Å². The summed E-state index contributed by atoms with van der Waals surface area (Å²) in [6.45, 7) is 6.07. The van der Waals surface area contributed by atoms with E-state index in [1.807, 2.05) is 36.1 Å². The van der Waals surface area contributed by atoms with Crippen LogP contribution in [-0.4, -0.2) is 51.6 Å². The maximum absolute atomic E-state index is 12.6. The van der Waals surface area contributed by atoms with Gasteiger partial charge in [-0.3, -0.25) is 25.2 Å². The molecule has 2 aromatic heterocycles. The van der Waals surface area contributed by atoms with Crippen molar-refractivity contribution in [2.45, 2.75) is 25.8 Å². The Bertz CT molecular complexity index is 1350. The van der Waals surface area contributed by atoms with Gasteiger partial charge in [0.15, 0.2) is 0 Å². The van der Waals surface area contributed by atoms with E-state index in [0.29, 0.717) is 29.5 Å². The van der Waals surface area contributed by atoms with Gasteiger partial charge in [0.05, 0.1) is 29.6 Å². The molecule has 0 radical (unpaired) electrons. The summed E-state index contributed by atoms with van der Waals surface area (Å²) in [4.78, 5) is 27.3. The molecule has 3 N–H and O–H groups in total. The zero-order valence-corrected chi connectivity index (χ0v) is 19.5. The molecule has 0 aliphatic heterocycles. The summed E-state index contributed by atoms with van der Waals surface area (Å²) in [6, 6.07) is 13.2. The van der Waals surface area contributed by atoms with Gasteiger partial charge in [-0.2, -0.15) is 0 Å². The van der Waals surface area contributed by atoms with Gasteiger partial charge in [0, 0.05) is 30.3 Å². The summed E-state index contributed by atoms with van der Waals surface area (Å²) in [5, 5.41) is 18.7. The van der Waals surface area contributed by atoms with Crippen molar-refractivity contribution in [1.82, 2.24) is 14.9 Å². The van der Waals surface area contributed by atoms with Crippen LogP contribution >= 0.6 is 0 Å². The van der Waals surface area contributed by atoms with Gasteiger partial charge >= 0.3 is 0 Å². The lowest BCUT2D eigenvalue weighted by molar-refractivity contribution is -0.112. The molecule has 1 aromatic carbocycles. The normalized spacial score (nSPS) is 13.6. The van der Waals surface area contributed by atoms with E-state index in [1.54, 1.807) is 36.7 Å². The topological polar surface area (TPSA) is 118 Å². The van der Waals surface area contributed by atoms with Crippen molar-refractivity contribution in [3.63, 3.8) is 0 Å². The highest BCUT2D eigenvalue weighted by Gasteiger charge is 2.27. The summed E-state index contributed by atoms with van der Waals surface area (Å²) >= 11 is 0. The Kier molecular flexibility index (Phi) is 7.21. The Morgan fingerprint density at radius 3 is 2.80 bits per heavy atom. The Hall–Kier alpha value is -4.46. The van der Waals surface area contributed by atoms with Crippen LogP contribution in [0.5, 0.6) is 0 Å². The minimum absolute atomic E-state index is 0.0662. The van der Waals surface area contributed by atoms with Crippen LogP contribution in [-0.2, 0) is 4.79 Å². The third-order valence-electron chi connectivity index (χ3n) is 5.71. The molecule has 0 atom stereocenters. The first-order chi connectivity index (χ1) is 16.9. The predicted octanol–water partition coefficient (Wildman–Crippen LogP) is 4.70. The molecule has 8 heteroatoms. The van der Waals surface area contributed by atoms with Crippen molar-refractivity contribution < 1.29 is 4.79 Å². The van der Waals surface area contributed by atoms with Crippen LogP contribution in [0.1, 0.15) is 30.9 Å². The summed E-state index contributed by atoms with van der Waals surface area (Å²) in [5.74, 6) is -0.424. The Balaban J connectivity index is 1.36. The van der Waals surface area contributed by atoms with Gasteiger partial charge in [0.1, 0.15) is 5.70 Å². The summed E-state index contributed by atoms with van der Waals surface area (Å²) in [5.41, 5.74) is 5.20. The third kappa shape index (κ3) is 6.11. The van der Waals surface area contributed by atoms with Gasteiger partial charge < -0.3 is 15.6 Å². The van der Waals surface area contributed by atoms with Crippen LogP contribution in [0.15, 0.2) is 78.2 Å². The van der Waals surface area contributed by atoms with Gasteiger partial charge in [-0.25, -0.2) is 0 Å². The number of nitrogens with one attached hydrogen (secondary N) is 3. The Morgan fingerprint density at radius 1 is 1.20 bits per heavy atom. The number of carbonyl (C=O) groups excluding carboxylic acids is 1. The minimum Gasteiger partial charge on any atom is -0.354 e. The molecule has 0 spiro atoms. The van der Waals surface area contributed by atoms with E-state index in [1.165, 1.54) is 12.6 Å². The van der Waals surface area contributed by atoms with Crippen molar-refractivity contribution in [2.75, 3.05) is 11.9 Å². The van der Waals surface area contributed by atoms with E-state index in [0.717, 1.165) is 35.0 Å². The van der Waals surface area contributed by atoms with E-state index in [-0.39, 0.29) is 5.70 Å². The summed E-state index contributed by atoms with van der Waals surface area (Å²) in [7, 11) is 0. The second-order valence-electron chi connectivity index (χ2n) is 8.39. The lowest BCUT2D eigenvalue weighted by Gasteiger charge is -2.19. The number of fused-ring (bicyclic) bond motifs is 1. The summed E-state index contributed by atoms with van der Waals surface area (Å²) in [6.07, 6.45) is 10.3. The maximum atomic E-state index is 12.6. The number of pyridine rings is 2. The summed E-state index contributed by atoms with van der Waals surface area (Å²) < 4.78 is 0. The molecule has 1 fully saturated rings. The number of amides is 1. The number of anilines is 1. The lowest BCUT2D eigenvalue weighted by atomic mass is 10.1. The average Bonchev–Trinajstić information content (AvgIpc) is 3.72. The second-order valence-corrected chi connectivity index (χ2v) is 8.39. The van der Waals surface area contributed by atoms with Crippen LogP contribution in [0.4, 0.5) is 5.69 Å². The fraction of sp³-hybridized carbons (Fsp3) is 0.185. The fourth-order valence-corrected chi connectivity index (χ4v) is 3.51. The molecule has 176 valence electrons. The van der Waals surface area contributed by atoms with Crippen LogP contribution in [0.25, 0.3) is 16.6 Å². The fourth-order valence-electron chi connectivity index (χ4n) is 3.51. The van der Waals surface area contributed by atoms with Crippen molar-refractivity contribution in [3.8, 4) is 0 Å². The van der Waals surface area contributed by atoms with Gasteiger partial charge in [-0.05, 0) is 72.9 Å². The monoisotopic (exact) mass is 465 g/mol. The highest BCUT2D eigenvalue weighted by molar-refractivity contribution is 6.06. The van der Waals surface area contributed by atoms with Crippen LogP contribution in [0.2, 0.25) is 0 Å². The predicted molar refractivity (Wildman–Crippen MR) is 141 cm³/mol. The van der Waals surface area contributed by atoms with Gasteiger partial charge in [0.2, 0.25) is 0 Å². The molecule has 1 aliphatic rings. The maximum Gasteiger partial charge on any atom is 0.273 e. The standard InChI is InChI=1S/C27H27N7O/c1-18(21-14-26-25(32-15-21)7-4-11-31-26)10-12-30-19(2)27(35)33-22-6-3-5-20(13-22)24(29)16-34(17-28)23-8-9-23/h3-7,10-15,17,23,28-29H,2,8-9,16H2,1H3,(H,33,35)/b18-10+,28-17?,29-24?,30-12?. The smallest absolute Gasteiger partial charge is 0.273 e.